The zero-order valence-electron chi connectivity index (χ0n) is 11.4. The fraction of sp³-hybridized carbons (Fsp3) is 0.400. The number of nitrogens with one attached hydrogen (secondary N) is 1. The molecule has 3 nitrogen and oxygen atoms in total. The van der Waals surface area contributed by atoms with E-state index in [1.54, 1.807) is 0 Å². The lowest BCUT2D eigenvalue weighted by molar-refractivity contribution is 0.440. The maximum Gasteiger partial charge on any atom is 0.105 e. The summed E-state index contributed by atoms with van der Waals surface area (Å²) in [5, 5.41) is 4.26. The topological polar surface area (TPSA) is 29.9 Å². The number of aromatic nitrogens is 2. The lowest BCUT2D eigenvalue weighted by Gasteiger charge is -2.14. The van der Waals surface area contributed by atoms with Crippen LogP contribution in [0.25, 0.3) is 0 Å². The molecule has 2 rings (SSSR count). The predicted molar refractivity (Wildman–Crippen MR) is 79.3 cm³/mol. The summed E-state index contributed by atoms with van der Waals surface area (Å²) in [7, 11) is 0. The zero-order valence-corrected chi connectivity index (χ0v) is 12.2. The monoisotopic (exact) mass is 277 g/mol. The van der Waals surface area contributed by atoms with E-state index in [2.05, 4.69) is 33.9 Å². The van der Waals surface area contributed by atoms with E-state index in [4.69, 9.17) is 11.6 Å². The molecule has 0 aliphatic carbocycles. The molecule has 0 fully saturated rings. The summed E-state index contributed by atoms with van der Waals surface area (Å²) in [6, 6.07) is 7.97. The van der Waals surface area contributed by atoms with Crippen LogP contribution in [0, 0.1) is 12.8 Å². The minimum Gasteiger partial charge on any atom is -0.335 e. The third-order valence-electron chi connectivity index (χ3n) is 3.17. The van der Waals surface area contributed by atoms with Gasteiger partial charge in [-0.2, -0.15) is 0 Å². The molecule has 0 spiro atoms. The van der Waals surface area contributed by atoms with Crippen molar-refractivity contribution in [3.63, 3.8) is 0 Å². The molecule has 1 unspecified atom stereocenters. The zero-order chi connectivity index (χ0) is 13.7. The number of hydrogen-bond donors (Lipinski definition) is 1. The van der Waals surface area contributed by atoms with Crippen LogP contribution in [0.5, 0.6) is 0 Å². The van der Waals surface area contributed by atoms with Crippen LogP contribution in [0.2, 0.25) is 5.02 Å². The van der Waals surface area contributed by atoms with Gasteiger partial charge in [-0.05, 0) is 37.1 Å². The lowest BCUT2D eigenvalue weighted by Crippen LogP contribution is -2.24. The molecule has 1 aromatic heterocycles. The van der Waals surface area contributed by atoms with Crippen molar-refractivity contribution >= 4 is 11.6 Å². The van der Waals surface area contributed by atoms with Crippen LogP contribution < -0.4 is 5.32 Å². The standard InChI is InChI=1S/C15H20ClN3/c1-12(11-19-8-7-18-13(19)2)9-17-10-14-3-5-15(16)6-4-14/h3-8,12,17H,9-11H2,1-2H3. The van der Waals surface area contributed by atoms with Crippen molar-refractivity contribution in [3.8, 4) is 0 Å². The molecule has 0 saturated carbocycles. The van der Waals surface area contributed by atoms with Crippen LogP contribution in [-0.4, -0.2) is 16.1 Å². The van der Waals surface area contributed by atoms with Gasteiger partial charge in [-0.25, -0.2) is 4.98 Å². The molecule has 102 valence electrons. The smallest absolute Gasteiger partial charge is 0.105 e. The molecule has 4 heteroatoms. The molecular formula is C15H20ClN3. The van der Waals surface area contributed by atoms with Gasteiger partial charge in [0.1, 0.15) is 5.82 Å². The van der Waals surface area contributed by atoms with E-state index in [-0.39, 0.29) is 0 Å². The lowest BCUT2D eigenvalue weighted by atomic mass is 10.1. The van der Waals surface area contributed by atoms with Crippen LogP contribution in [0.1, 0.15) is 18.3 Å². The first-order valence-electron chi connectivity index (χ1n) is 6.58. The summed E-state index contributed by atoms with van der Waals surface area (Å²) >= 11 is 5.86. The van der Waals surface area contributed by atoms with Gasteiger partial charge in [-0.15, -0.1) is 0 Å². The van der Waals surface area contributed by atoms with Crippen molar-refractivity contribution in [1.82, 2.24) is 14.9 Å². The van der Waals surface area contributed by atoms with Crippen molar-refractivity contribution in [1.29, 1.82) is 0 Å². The molecule has 0 aliphatic heterocycles. The van der Waals surface area contributed by atoms with E-state index in [1.165, 1.54) is 5.56 Å². The number of aryl methyl sites for hydroxylation is 1. The SMILES string of the molecule is Cc1nccn1CC(C)CNCc1ccc(Cl)cc1. The molecule has 0 aliphatic rings. The number of rotatable bonds is 6. The number of imidazole rings is 1. The highest BCUT2D eigenvalue weighted by Crippen LogP contribution is 2.09. The van der Waals surface area contributed by atoms with Crippen LogP contribution in [0.3, 0.4) is 0 Å². The summed E-state index contributed by atoms with van der Waals surface area (Å²) in [5.74, 6) is 1.64. The molecule has 2 aromatic rings. The molecule has 19 heavy (non-hydrogen) atoms. The van der Waals surface area contributed by atoms with Gasteiger partial charge in [0.2, 0.25) is 0 Å². The van der Waals surface area contributed by atoms with Gasteiger partial charge in [0, 0.05) is 30.5 Å². The average molecular weight is 278 g/mol. The fourth-order valence-electron chi connectivity index (χ4n) is 2.06. The summed E-state index contributed by atoms with van der Waals surface area (Å²) < 4.78 is 2.19. The third-order valence-corrected chi connectivity index (χ3v) is 3.42. The van der Waals surface area contributed by atoms with E-state index >= 15 is 0 Å². The average Bonchev–Trinajstić information content (AvgIpc) is 2.78. The molecule has 0 amide bonds. The summed E-state index contributed by atoms with van der Waals surface area (Å²) in [4.78, 5) is 4.24. The Morgan fingerprint density at radius 3 is 2.68 bits per heavy atom. The molecule has 0 radical (unpaired) electrons. The number of nitrogens with zero attached hydrogens (tertiary/aromatic N) is 2. The Hall–Kier alpha value is -1.32. The number of benzene rings is 1. The summed E-state index contributed by atoms with van der Waals surface area (Å²) in [5.41, 5.74) is 1.26. The molecule has 1 atom stereocenters. The minimum atomic E-state index is 0.570. The first-order valence-corrected chi connectivity index (χ1v) is 6.96. The van der Waals surface area contributed by atoms with Gasteiger partial charge in [0.15, 0.2) is 0 Å². The first kappa shape index (κ1) is 14.1. The normalized spacial score (nSPS) is 12.6. The first-order chi connectivity index (χ1) is 9.15. The van der Waals surface area contributed by atoms with Crippen LogP contribution in [-0.2, 0) is 13.1 Å². The highest BCUT2D eigenvalue weighted by Gasteiger charge is 2.04. The van der Waals surface area contributed by atoms with Crippen molar-refractivity contribution in [2.45, 2.75) is 26.9 Å². The third kappa shape index (κ3) is 4.37. The molecule has 1 heterocycles. The molecule has 0 bridgehead atoms. The van der Waals surface area contributed by atoms with Crippen LogP contribution >= 0.6 is 11.6 Å². The Labute approximate surface area is 119 Å². The van der Waals surface area contributed by atoms with Crippen molar-refractivity contribution in [2.75, 3.05) is 6.54 Å². The van der Waals surface area contributed by atoms with Gasteiger partial charge in [0.25, 0.3) is 0 Å². The second-order valence-corrected chi connectivity index (χ2v) is 5.43. The Morgan fingerprint density at radius 1 is 1.32 bits per heavy atom. The Balaban J connectivity index is 1.73. The van der Waals surface area contributed by atoms with E-state index in [1.807, 2.05) is 31.5 Å². The van der Waals surface area contributed by atoms with Gasteiger partial charge in [-0.3, -0.25) is 0 Å². The Morgan fingerprint density at radius 2 is 2.05 bits per heavy atom. The van der Waals surface area contributed by atoms with E-state index in [0.29, 0.717) is 5.92 Å². The molecule has 1 N–H and O–H groups in total. The van der Waals surface area contributed by atoms with Crippen LogP contribution in [0.15, 0.2) is 36.7 Å². The minimum absolute atomic E-state index is 0.570. The highest BCUT2D eigenvalue weighted by atomic mass is 35.5. The number of halogens is 1. The summed E-state index contributed by atoms with van der Waals surface area (Å²) in [6.45, 7) is 7.15. The second-order valence-electron chi connectivity index (χ2n) is 4.99. The van der Waals surface area contributed by atoms with Crippen molar-refractivity contribution < 1.29 is 0 Å². The maximum absolute atomic E-state index is 5.86. The van der Waals surface area contributed by atoms with E-state index < -0.39 is 0 Å². The van der Waals surface area contributed by atoms with Gasteiger partial charge < -0.3 is 9.88 Å². The summed E-state index contributed by atoms with van der Waals surface area (Å²) in [6.07, 6.45) is 3.88. The quantitative estimate of drug-likeness (QED) is 0.878. The van der Waals surface area contributed by atoms with Gasteiger partial charge in [-0.1, -0.05) is 30.7 Å². The van der Waals surface area contributed by atoms with E-state index in [0.717, 1.165) is 30.5 Å². The molecule has 0 saturated heterocycles. The van der Waals surface area contributed by atoms with E-state index in [9.17, 15) is 0 Å². The van der Waals surface area contributed by atoms with Gasteiger partial charge >= 0.3 is 0 Å². The second kappa shape index (κ2) is 6.73. The van der Waals surface area contributed by atoms with Crippen molar-refractivity contribution in [2.24, 2.45) is 5.92 Å². The van der Waals surface area contributed by atoms with Crippen LogP contribution in [0.4, 0.5) is 0 Å². The molecule has 1 aromatic carbocycles. The highest BCUT2D eigenvalue weighted by molar-refractivity contribution is 6.30. The Bertz CT molecular complexity index is 504. The largest absolute Gasteiger partial charge is 0.335 e. The van der Waals surface area contributed by atoms with Gasteiger partial charge in [0.05, 0.1) is 0 Å². The Kier molecular flexibility index (Phi) is 5.00. The number of hydrogen-bond acceptors (Lipinski definition) is 2. The fourth-order valence-corrected chi connectivity index (χ4v) is 2.19. The molecular weight excluding hydrogens is 258 g/mol. The maximum atomic E-state index is 5.86. The predicted octanol–water partition coefficient (Wildman–Crippen LogP) is 3.27. The van der Waals surface area contributed by atoms with Crippen molar-refractivity contribution in [3.05, 3.63) is 53.1 Å².